The molecule has 2 aliphatic carbocycles. The first kappa shape index (κ1) is 12.2. The molecule has 94 valence electrons. The van der Waals surface area contributed by atoms with Gasteiger partial charge in [0.25, 0.3) is 0 Å². The Morgan fingerprint density at radius 1 is 1.28 bits per heavy atom. The van der Waals surface area contributed by atoms with E-state index in [1.54, 1.807) is 6.07 Å². The number of hydrogen-bond acceptors (Lipinski definition) is 1. The van der Waals surface area contributed by atoms with Crippen LogP contribution in [0.4, 0.5) is 0 Å². The molecule has 0 aliphatic heterocycles. The van der Waals surface area contributed by atoms with Crippen LogP contribution in [0.5, 0.6) is 0 Å². The maximum absolute atomic E-state index is 8.50. The zero-order chi connectivity index (χ0) is 12.8. The Hall–Kier alpha value is -0.890. The zero-order valence-corrected chi connectivity index (χ0v) is 11.3. The quantitative estimate of drug-likeness (QED) is 0.411. The number of hydrogen-bond donors (Lipinski definition) is 0. The second-order valence-corrected chi connectivity index (χ2v) is 6.22. The summed E-state index contributed by atoms with van der Waals surface area (Å²) in [6.45, 7) is 0. The van der Waals surface area contributed by atoms with E-state index < -0.39 is 0 Å². The molecular formula is C13H13Cl2N3. The van der Waals surface area contributed by atoms with Crippen LogP contribution in [0.25, 0.3) is 10.4 Å². The van der Waals surface area contributed by atoms with E-state index in [1.165, 1.54) is 12.0 Å². The molecule has 2 saturated carbocycles. The third kappa shape index (κ3) is 1.97. The van der Waals surface area contributed by atoms with Gasteiger partial charge in [-0.1, -0.05) is 28.3 Å². The molecule has 0 amide bonds. The molecule has 3 rings (SSSR count). The summed E-state index contributed by atoms with van der Waals surface area (Å²) in [6.07, 6.45) is 4.19. The van der Waals surface area contributed by atoms with Gasteiger partial charge in [0.2, 0.25) is 0 Å². The summed E-state index contributed by atoms with van der Waals surface area (Å²) in [6, 6.07) is 6.00. The van der Waals surface area contributed by atoms with E-state index in [4.69, 9.17) is 28.7 Å². The summed E-state index contributed by atoms with van der Waals surface area (Å²) < 4.78 is 0. The highest BCUT2D eigenvalue weighted by molar-refractivity contribution is 6.34. The number of fused-ring (bicyclic) bond motifs is 1. The number of rotatable bonds is 2. The van der Waals surface area contributed by atoms with Crippen LogP contribution in [0.1, 0.15) is 31.2 Å². The maximum Gasteiger partial charge on any atom is 0.0423 e. The molecule has 1 aromatic rings. The van der Waals surface area contributed by atoms with Crippen molar-refractivity contribution in [3.8, 4) is 0 Å². The van der Waals surface area contributed by atoms with Gasteiger partial charge in [-0.15, -0.1) is 0 Å². The Balaban J connectivity index is 1.85. The van der Waals surface area contributed by atoms with Crippen LogP contribution in [0.15, 0.2) is 23.3 Å². The van der Waals surface area contributed by atoms with Crippen molar-refractivity contribution in [3.63, 3.8) is 0 Å². The fourth-order valence-corrected chi connectivity index (χ4v) is 3.91. The molecule has 0 N–H and O–H groups in total. The molecule has 0 bridgehead atoms. The van der Waals surface area contributed by atoms with Crippen molar-refractivity contribution in [1.29, 1.82) is 0 Å². The first-order valence-corrected chi connectivity index (χ1v) is 6.90. The molecule has 3 atom stereocenters. The third-order valence-electron chi connectivity index (χ3n) is 4.36. The minimum atomic E-state index is 0.172. The van der Waals surface area contributed by atoms with E-state index in [2.05, 4.69) is 10.0 Å². The monoisotopic (exact) mass is 281 g/mol. The molecule has 5 heteroatoms. The highest BCUT2D eigenvalue weighted by Crippen LogP contribution is 2.63. The van der Waals surface area contributed by atoms with Crippen LogP contribution in [0.2, 0.25) is 10.0 Å². The average Bonchev–Trinajstić information content (AvgIpc) is 3.03. The maximum atomic E-state index is 8.50. The van der Waals surface area contributed by atoms with E-state index >= 15 is 0 Å². The fraction of sp³-hybridized carbons (Fsp3) is 0.538. The third-order valence-corrected chi connectivity index (χ3v) is 4.80. The van der Waals surface area contributed by atoms with E-state index in [0.717, 1.165) is 19.3 Å². The lowest BCUT2D eigenvalue weighted by atomic mass is 9.81. The normalized spacial score (nSPS) is 33.4. The van der Waals surface area contributed by atoms with Crippen molar-refractivity contribution < 1.29 is 0 Å². The van der Waals surface area contributed by atoms with Gasteiger partial charge in [0.1, 0.15) is 0 Å². The van der Waals surface area contributed by atoms with E-state index in [1.807, 2.05) is 12.1 Å². The van der Waals surface area contributed by atoms with Crippen molar-refractivity contribution in [2.24, 2.45) is 11.0 Å². The van der Waals surface area contributed by atoms with Crippen LogP contribution in [-0.2, 0) is 5.41 Å². The van der Waals surface area contributed by atoms with Crippen LogP contribution in [0, 0.1) is 5.92 Å². The van der Waals surface area contributed by atoms with E-state index in [9.17, 15) is 0 Å². The molecule has 3 nitrogen and oxygen atoms in total. The second-order valence-electron chi connectivity index (χ2n) is 5.35. The molecule has 2 aliphatic rings. The highest BCUT2D eigenvalue weighted by atomic mass is 35.5. The Morgan fingerprint density at radius 2 is 2.00 bits per heavy atom. The van der Waals surface area contributed by atoms with Gasteiger partial charge in [-0.25, -0.2) is 0 Å². The van der Waals surface area contributed by atoms with E-state index in [0.29, 0.717) is 16.0 Å². The van der Waals surface area contributed by atoms with Gasteiger partial charge in [0.15, 0.2) is 0 Å². The van der Waals surface area contributed by atoms with Gasteiger partial charge in [-0.05, 0) is 66.3 Å². The lowest BCUT2D eigenvalue weighted by Crippen LogP contribution is -2.21. The predicted molar refractivity (Wildman–Crippen MR) is 73.0 cm³/mol. The molecular weight excluding hydrogens is 269 g/mol. The predicted octanol–water partition coefficient (Wildman–Crippen LogP) is 5.11. The molecule has 0 saturated heterocycles. The Kier molecular flexibility index (Phi) is 2.93. The molecule has 0 radical (unpaired) electrons. The highest BCUT2D eigenvalue weighted by Gasteiger charge is 2.57. The summed E-state index contributed by atoms with van der Waals surface area (Å²) in [5.74, 6) is 0.622. The first-order chi connectivity index (χ1) is 8.64. The Morgan fingerprint density at radius 3 is 2.61 bits per heavy atom. The smallest absolute Gasteiger partial charge is 0.0423 e. The van der Waals surface area contributed by atoms with Gasteiger partial charge < -0.3 is 0 Å². The van der Waals surface area contributed by atoms with Crippen molar-refractivity contribution in [1.82, 2.24) is 0 Å². The molecule has 0 aromatic heterocycles. The van der Waals surface area contributed by atoms with Crippen LogP contribution < -0.4 is 0 Å². The van der Waals surface area contributed by atoms with Gasteiger partial charge in [-0.2, -0.15) is 0 Å². The van der Waals surface area contributed by atoms with Crippen LogP contribution in [0.3, 0.4) is 0 Å². The molecule has 0 heterocycles. The van der Waals surface area contributed by atoms with Crippen LogP contribution >= 0.6 is 23.2 Å². The fourth-order valence-electron chi connectivity index (χ4n) is 3.38. The summed E-state index contributed by atoms with van der Waals surface area (Å²) in [4.78, 5) is 2.92. The van der Waals surface area contributed by atoms with Crippen molar-refractivity contribution >= 4 is 23.2 Å². The Labute approximate surface area is 116 Å². The topological polar surface area (TPSA) is 48.8 Å². The lowest BCUT2D eigenvalue weighted by molar-refractivity contribution is 0.383. The number of benzene rings is 1. The summed E-state index contributed by atoms with van der Waals surface area (Å²) >= 11 is 12.2. The lowest BCUT2D eigenvalue weighted by Gasteiger charge is -2.26. The first-order valence-electron chi connectivity index (χ1n) is 6.15. The molecule has 18 heavy (non-hydrogen) atoms. The SMILES string of the molecule is [N-]=[N+]=N[C@H]1CC[C@@]2(c3cc(Cl)cc(Cl)c3)CC2C1. The zero-order valence-electron chi connectivity index (χ0n) is 9.81. The standard InChI is InChI=1S/C13H13Cl2N3/c14-10-3-8(4-11(15)6-10)13-2-1-12(17-18-16)5-9(13)7-13/h3-4,6,9,12H,1-2,5,7H2/t9?,12-,13-/m0/s1. The molecule has 1 aromatic carbocycles. The molecule has 1 unspecified atom stereocenters. The van der Waals surface area contributed by atoms with Gasteiger partial charge in [0, 0.05) is 21.0 Å². The summed E-state index contributed by atoms with van der Waals surface area (Å²) in [5, 5.41) is 5.26. The molecule has 0 spiro atoms. The number of azide groups is 1. The van der Waals surface area contributed by atoms with Gasteiger partial charge in [-0.3, -0.25) is 0 Å². The largest absolute Gasteiger partial charge is 0.0906 e. The summed E-state index contributed by atoms with van der Waals surface area (Å²) in [7, 11) is 0. The van der Waals surface area contributed by atoms with Crippen molar-refractivity contribution in [3.05, 3.63) is 44.3 Å². The van der Waals surface area contributed by atoms with Gasteiger partial charge >= 0.3 is 0 Å². The summed E-state index contributed by atoms with van der Waals surface area (Å²) in [5.41, 5.74) is 10.00. The van der Waals surface area contributed by atoms with Crippen molar-refractivity contribution in [2.45, 2.75) is 37.1 Å². The number of halogens is 2. The minimum absolute atomic E-state index is 0.172. The number of nitrogens with zero attached hydrogens (tertiary/aromatic N) is 3. The Bertz CT molecular complexity index is 519. The average molecular weight is 282 g/mol. The minimum Gasteiger partial charge on any atom is -0.0906 e. The van der Waals surface area contributed by atoms with Crippen LogP contribution in [-0.4, -0.2) is 6.04 Å². The molecule has 2 fully saturated rings. The van der Waals surface area contributed by atoms with Crippen molar-refractivity contribution in [2.75, 3.05) is 0 Å². The second kappa shape index (κ2) is 4.34. The van der Waals surface area contributed by atoms with Gasteiger partial charge in [0.05, 0.1) is 0 Å². The van der Waals surface area contributed by atoms with E-state index in [-0.39, 0.29) is 11.5 Å².